The number of hydrogen-bond donors (Lipinski definition) is 2. The van der Waals surface area contributed by atoms with E-state index in [2.05, 4.69) is 71.0 Å². The summed E-state index contributed by atoms with van der Waals surface area (Å²) < 4.78 is 53.4. The van der Waals surface area contributed by atoms with Gasteiger partial charge in [-0.1, -0.05) is 446 Å². The molecule has 0 unspecified atom stereocenters. The quantitative estimate of drug-likeness (QED) is 0.0253. The van der Waals surface area contributed by atoms with E-state index in [0.29, 0.717) is 46.1 Å². The smallest absolute Gasteiger partial charge is 0.325 e. The Kier molecular flexibility index (Phi) is 64.7. The van der Waals surface area contributed by atoms with Crippen LogP contribution in [0.2, 0.25) is 0 Å². The van der Waals surface area contributed by atoms with Gasteiger partial charge in [0, 0.05) is 6.16 Å². The van der Waals surface area contributed by atoms with E-state index in [1.165, 1.54) is 392 Å². The first-order valence-electron chi connectivity index (χ1n) is 49.1. The van der Waals surface area contributed by atoms with Gasteiger partial charge in [0.1, 0.15) is 0 Å². The fourth-order valence-corrected chi connectivity index (χ4v) is 17.1. The molecule has 4 aromatic rings. The number of rotatable bonds is 85. The average Bonchev–Trinajstić information content (AvgIpc) is 0.727. The molecule has 0 fully saturated rings. The van der Waals surface area contributed by atoms with Gasteiger partial charge in [-0.25, -0.2) is 0 Å². The molecule has 4 rings (SSSR count). The molecule has 0 aliphatic rings. The van der Waals surface area contributed by atoms with E-state index >= 15 is 0 Å². The third-order valence-corrected chi connectivity index (χ3v) is 24.6. The third-order valence-electron chi connectivity index (χ3n) is 23.8. The van der Waals surface area contributed by atoms with Crippen molar-refractivity contribution in [2.24, 2.45) is 0 Å². The Bertz CT molecular complexity index is 2550. The van der Waals surface area contributed by atoms with Crippen molar-refractivity contribution in [3.8, 4) is 34.5 Å². The molecule has 0 radical (unpaired) electrons. The Hall–Kier alpha value is -3.39. The van der Waals surface area contributed by atoms with Crippen molar-refractivity contribution in [2.45, 2.75) is 490 Å². The topological polar surface area (TPSA) is 113 Å². The van der Waals surface area contributed by atoms with E-state index in [1.54, 1.807) is 0 Å². The third kappa shape index (κ3) is 52.1. The predicted molar refractivity (Wildman–Crippen MR) is 485 cm³/mol. The van der Waals surface area contributed by atoms with Crippen molar-refractivity contribution in [1.82, 2.24) is 0 Å². The summed E-state index contributed by atoms with van der Waals surface area (Å²) in [6.07, 6.45) is 90.5. The number of unbranched alkanes of at least 4 members (excludes halogenated alkanes) is 65. The summed E-state index contributed by atoms with van der Waals surface area (Å²) in [7, 11) is -3.85. The van der Waals surface area contributed by atoms with Gasteiger partial charge in [-0.05, 0) is 114 Å². The minimum Gasteiger partial charge on any atom is -0.490 e. The lowest BCUT2D eigenvalue weighted by molar-refractivity contribution is 0.258. The maximum atomic E-state index is 11.2. The van der Waals surface area contributed by atoms with Gasteiger partial charge < -0.3 is 38.2 Å². The SMILES string of the molecule is CCCCCCCCCCCCCOc1cc2c3cc(OCCCCCCCCCCCCC)c(OCCCCCCCCCCCCC)cc3c3cc(OCCCCCCCCCCCCCCCCCCP(=O)(O)O)c(OCCCCCCCCCCCCC)cc3c2cc1OCCCCCCCCCCCCC. The molecule has 4 aromatic carbocycles. The first-order chi connectivity index (χ1) is 54.7. The zero-order valence-electron chi connectivity index (χ0n) is 73.8. The molecular weight excluding hydrogens is 1390 g/mol. The maximum Gasteiger partial charge on any atom is 0.325 e. The van der Waals surface area contributed by atoms with E-state index < -0.39 is 7.60 Å². The normalized spacial score (nSPS) is 11.9. The largest absolute Gasteiger partial charge is 0.490 e. The van der Waals surface area contributed by atoms with Gasteiger partial charge in [-0.15, -0.1) is 0 Å². The van der Waals surface area contributed by atoms with E-state index in [9.17, 15) is 4.57 Å². The fourth-order valence-electron chi connectivity index (χ4n) is 16.5. The predicted octanol–water partition coefficient (Wildman–Crippen LogP) is 34.4. The number of benzene rings is 4. The summed E-state index contributed by atoms with van der Waals surface area (Å²) >= 11 is 0. The van der Waals surface area contributed by atoms with Crippen LogP contribution < -0.4 is 28.4 Å². The Balaban J connectivity index is 1.70. The van der Waals surface area contributed by atoms with Gasteiger partial charge in [0.2, 0.25) is 0 Å². The standard InChI is InChI=1S/C101H179O9P/c1-6-11-16-21-26-31-42-49-56-63-70-77-105-96-84-90-91-85-97(106-78-71-64-57-50-43-32-27-22-17-12-7-2)99(108-80-73-66-59-52-45-34-29-24-19-14-9-4)87-93(91)95-89-101(110-82-75-68-61-54-47-40-38-36-37-39-41-48-55-62-69-76-83-111(102,103)104)100(109-81-74-67-60-53-46-35-30-25-20-15-10-5)88-94(95)92(90)86-98(96)107-79-72-65-58-51-44-33-28-23-18-13-8-3/h84-89H,6-83H2,1-5H3,(H2,102,103,104). The summed E-state index contributed by atoms with van der Waals surface area (Å²) in [6.45, 7) is 15.5. The lowest BCUT2D eigenvalue weighted by atomic mass is 9.93. The Morgan fingerprint density at radius 1 is 0.180 bits per heavy atom. The van der Waals surface area contributed by atoms with Crippen molar-refractivity contribution < 1.29 is 42.8 Å². The van der Waals surface area contributed by atoms with Gasteiger partial charge >= 0.3 is 7.60 Å². The van der Waals surface area contributed by atoms with Gasteiger partial charge in [0.15, 0.2) is 34.5 Å². The van der Waals surface area contributed by atoms with E-state index in [1.807, 2.05) is 0 Å². The zero-order chi connectivity index (χ0) is 79.1. The highest BCUT2D eigenvalue weighted by molar-refractivity contribution is 7.51. The minimum atomic E-state index is -3.85. The van der Waals surface area contributed by atoms with Crippen molar-refractivity contribution in [3.63, 3.8) is 0 Å². The molecule has 0 aliphatic carbocycles. The van der Waals surface area contributed by atoms with E-state index in [4.69, 9.17) is 38.2 Å². The van der Waals surface area contributed by atoms with Crippen molar-refractivity contribution in [1.29, 1.82) is 0 Å². The Labute approximate surface area is 685 Å². The van der Waals surface area contributed by atoms with Crippen LogP contribution in [0.15, 0.2) is 36.4 Å². The monoisotopic (exact) mass is 1570 g/mol. The van der Waals surface area contributed by atoms with Crippen LogP contribution in [0.5, 0.6) is 34.5 Å². The van der Waals surface area contributed by atoms with Crippen molar-refractivity contribution in [3.05, 3.63) is 36.4 Å². The van der Waals surface area contributed by atoms with Crippen LogP contribution >= 0.6 is 7.60 Å². The van der Waals surface area contributed by atoms with Gasteiger partial charge in [-0.2, -0.15) is 0 Å². The molecule has 2 N–H and O–H groups in total. The van der Waals surface area contributed by atoms with Crippen LogP contribution in [0.4, 0.5) is 0 Å². The number of hydrogen-bond acceptors (Lipinski definition) is 7. The molecule has 10 heteroatoms. The second-order valence-electron chi connectivity index (χ2n) is 34.3. The summed E-state index contributed by atoms with van der Waals surface area (Å²) in [4.78, 5) is 18.3. The summed E-state index contributed by atoms with van der Waals surface area (Å²) in [5, 5.41) is 6.88. The molecule has 9 nitrogen and oxygen atoms in total. The molecule has 0 atom stereocenters. The summed E-state index contributed by atoms with van der Waals surface area (Å²) in [6, 6.07) is 14.0. The molecule has 642 valence electrons. The van der Waals surface area contributed by atoms with Gasteiger partial charge in [0.25, 0.3) is 0 Å². The highest BCUT2D eigenvalue weighted by Gasteiger charge is 2.22. The number of ether oxygens (including phenoxy) is 6. The summed E-state index contributed by atoms with van der Waals surface area (Å²) in [5.41, 5.74) is 0. The van der Waals surface area contributed by atoms with Gasteiger partial charge in [-0.3, -0.25) is 4.57 Å². The first kappa shape index (κ1) is 100.0. The molecule has 0 bridgehead atoms. The molecule has 0 heterocycles. The van der Waals surface area contributed by atoms with Crippen molar-refractivity contribution in [2.75, 3.05) is 45.8 Å². The fraction of sp³-hybridized carbons (Fsp3) is 0.822. The molecule has 0 spiro atoms. The minimum absolute atomic E-state index is 0.0312. The molecule has 0 aliphatic heterocycles. The molecule has 0 saturated carbocycles. The first-order valence-corrected chi connectivity index (χ1v) is 50.9. The Morgan fingerprint density at radius 2 is 0.288 bits per heavy atom. The molecule has 0 amide bonds. The Morgan fingerprint density at radius 3 is 0.405 bits per heavy atom. The lowest BCUT2D eigenvalue weighted by Gasteiger charge is -2.21. The molecule has 111 heavy (non-hydrogen) atoms. The van der Waals surface area contributed by atoms with Crippen LogP contribution in [0.3, 0.4) is 0 Å². The van der Waals surface area contributed by atoms with Crippen LogP contribution in [0, 0.1) is 0 Å². The molecular formula is C101H179O9P. The van der Waals surface area contributed by atoms with Crippen LogP contribution in [-0.2, 0) is 4.57 Å². The van der Waals surface area contributed by atoms with Crippen LogP contribution in [0.25, 0.3) is 32.3 Å². The van der Waals surface area contributed by atoms with Crippen LogP contribution in [0.1, 0.15) is 490 Å². The lowest BCUT2D eigenvalue weighted by Crippen LogP contribution is -2.05. The second-order valence-corrected chi connectivity index (χ2v) is 36.1. The van der Waals surface area contributed by atoms with Crippen LogP contribution in [-0.4, -0.2) is 55.6 Å². The average molecular weight is 1570 g/mol. The van der Waals surface area contributed by atoms with Crippen molar-refractivity contribution >= 4 is 39.9 Å². The molecule has 0 saturated heterocycles. The van der Waals surface area contributed by atoms with E-state index in [0.717, 1.165) is 125 Å². The maximum absolute atomic E-state index is 11.2. The van der Waals surface area contributed by atoms with E-state index in [-0.39, 0.29) is 6.16 Å². The van der Waals surface area contributed by atoms with Gasteiger partial charge in [0.05, 0.1) is 39.6 Å². The zero-order valence-corrected chi connectivity index (χ0v) is 74.7. The number of fused-ring (bicyclic) bond motifs is 6. The summed E-state index contributed by atoms with van der Waals surface area (Å²) in [5.74, 6) is 5.06. The highest BCUT2D eigenvalue weighted by Crippen LogP contribution is 2.48. The highest BCUT2D eigenvalue weighted by atomic mass is 31.2. The molecule has 0 aromatic heterocycles. The second kappa shape index (κ2) is 71.9.